The van der Waals surface area contributed by atoms with Crippen LogP contribution in [0.1, 0.15) is 37.0 Å². The Morgan fingerprint density at radius 3 is 2.79 bits per heavy atom. The number of amides is 1. The van der Waals surface area contributed by atoms with E-state index in [1.54, 1.807) is 0 Å². The van der Waals surface area contributed by atoms with Crippen molar-refractivity contribution < 1.29 is 4.79 Å². The Bertz CT molecular complexity index is 514. The van der Waals surface area contributed by atoms with Gasteiger partial charge in [0, 0.05) is 6.54 Å². The van der Waals surface area contributed by atoms with Crippen LogP contribution in [-0.4, -0.2) is 5.91 Å². The normalized spacial score (nSPS) is 14.8. The minimum Gasteiger partial charge on any atom is -0.351 e. The summed E-state index contributed by atoms with van der Waals surface area (Å²) in [5, 5.41) is 11.8. The molecule has 100 valence electrons. The lowest BCUT2D eigenvalue weighted by molar-refractivity contribution is -0.124. The van der Waals surface area contributed by atoms with E-state index < -0.39 is 5.92 Å². The molecule has 2 rings (SSSR count). The lowest BCUT2D eigenvalue weighted by Crippen LogP contribution is -2.32. The average molecular weight is 256 g/mol. The Hall–Kier alpha value is -1.82. The summed E-state index contributed by atoms with van der Waals surface area (Å²) in [5.41, 5.74) is 3.97. The molecule has 0 aromatic heterocycles. The van der Waals surface area contributed by atoms with Crippen LogP contribution in [0, 0.1) is 23.2 Å². The molecule has 0 heterocycles. The first-order chi connectivity index (χ1) is 9.11. The third kappa shape index (κ3) is 3.14. The Balaban J connectivity index is 1.96. The van der Waals surface area contributed by atoms with Crippen LogP contribution in [0.15, 0.2) is 18.2 Å². The van der Waals surface area contributed by atoms with E-state index in [4.69, 9.17) is 5.26 Å². The number of nitrogens with one attached hydrogen (secondary N) is 1. The summed E-state index contributed by atoms with van der Waals surface area (Å²) in [6, 6.07) is 8.48. The largest absolute Gasteiger partial charge is 0.351 e. The number of carbonyl (C=O) groups excluding carboxylic acids is 1. The van der Waals surface area contributed by atoms with Gasteiger partial charge in [0.1, 0.15) is 5.92 Å². The SMILES string of the molecule is CC(C)C(C#N)C(=O)NCc1ccc2c(c1)CCC2. The number of carbonyl (C=O) groups is 1. The number of nitrogens with zero attached hydrogens (tertiary/aromatic N) is 1. The van der Waals surface area contributed by atoms with Crippen LogP contribution in [0.5, 0.6) is 0 Å². The van der Waals surface area contributed by atoms with Crippen LogP contribution in [0.3, 0.4) is 0 Å². The number of fused-ring (bicyclic) bond motifs is 1. The molecule has 3 heteroatoms. The number of hydrogen-bond acceptors (Lipinski definition) is 2. The van der Waals surface area contributed by atoms with E-state index in [0.29, 0.717) is 6.54 Å². The molecule has 1 aliphatic rings. The highest BCUT2D eigenvalue weighted by Crippen LogP contribution is 2.22. The van der Waals surface area contributed by atoms with Crippen LogP contribution in [0.2, 0.25) is 0 Å². The maximum absolute atomic E-state index is 11.9. The monoisotopic (exact) mass is 256 g/mol. The first-order valence-electron chi connectivity index (χ1n) is 6.90. The number of hydrogen-bond donors (Lipinski definition) is 1. The molecule has 1 N–H and O–H groups in total. The van der Waals surface area contributed by atoms with Gasteiger partial charge >= 0.3 is 0 Å². The van der Waals surface area contributed by atoms with E-state index in [1.807, 2.05) is 13.8 Å². The Labute approximate surface area is 114 Å². The van der Waals surface area contributed by atoms with Gasteiger partial charge in [-0.15, -0.1) is 0 Å². The second kappa shape index (κ2) is 5.88. The fourth-order valence-electron chi connectivity index (χ4n) is 2.54. The molecule has 3 nitrogen and oxygen atoms in total. The molecule has 0 radical (unpaired) electrons. The van der Waals surface area contributed by atoms with Gasteiger partial charge in [0.15, 0.2) is 0 Å². The van der Waals surface area contributed by atoms with Crippen LogP contribution in [-0.2, 0) is 24.2 Å². The summed E-state index contributed by atoms with van der Waals surface area (Å²) in [6.45, 7) is 4.29. The molecule has 0 aliphatic heterocycles. The highest BCUT2D eigenvalue weighted by Gasteiger charge is 2.21. The van der Waals surface area contributed by atoms with Gasteiger partial charge in [-0.3, -0.25) is 4.79 Å². The third-order valence-corrected chi connectivity index (χ3v) is 3.72. The number of nitriles is 1. The van der Waals surface area contributed by atoms with Gasteiger partial charge < -0.3 is 5.32 Å². The Morgan fingerprint density at radius 1 is 1.37 bits per heavy atom. The van der Waals surface area contributed by atoms with Gasteiger partial charge in [-0.2, -0.15) is 5.26 Å². The average Bonchev–Trinajstić information content (AvgIpc) is 2.84. The van der Waals surface area contributed by atoms with Gasteiger partial charge in [-0.25, -0.2) is 0 Å². The van der Waals surface area contributed by atoms with Crippen LogP contribution >= 0.6 is 0 Å². The molecular formula is C16H20N2O. The fraction of sp³-hybridized carbons (Fsp3) is 0.500. The van der Waals surface area contributed by atoms with Crippen molar-refractivity contribution in [3.8, 4) is 6.07 Å². The molecule has 0 spiro atoms. The third-order valence-electron chi connectivity index (χ3n) is 3.72. The maximum Gasteiger partial charge on any atom is 0.237 e. The summed E-state index contributed by atoms with van der Waals surface area (Å²) in [4.78, 5) is 11.9. The summed E-state index contributed by atoms with van der Waals surface area (Å²) < 4.78 is 0. The molecule has 19 heavy (non-hydrogen) atoms. The van der Waals surface area contributed by atoms with Crippen LogP contribution in [0.25, 0.3) is 0 Å². The summed E-state index contributed by atoms with van der Waals surface area (Å²) in [7, 11) is 0. The molecule has 1 aromatic rings. The molecule has 1 unspecified atom stereocenters. The van der Waals surface area contributed by atoms with Gasteiger partial charge in [0.2, 0.25) is 5.91 Å². The minimum atomic E-state index is -0.561. The van der Waals surface area contributed by atoms with E-state index >= 15 is 0 Å². The zero-order chi connectivity index (χ0) is 13.8. The summed E-state index contributed by atoms with van der Waals surface area (Å²) in [5.74, 6) is -0.683. The van der Waals surface area contributed by atoms with E-state index in [1.165, 1.54) is 24.0 Å². The molecule has 1 aliphatic carbocycles. The van der Waals surface area contributed by atoms with Gasteiger partial charge in [0.25, 0.3) is 0 Å². The van der Waals surface area contributed by atoms with Crippen molar-refractivity contribution >= 4 is 5.91 Å². The van der Waals surface area contributed by atoms with Crippen molar-refractivity contribution in [2.45, 2.75) is 39.7 Å². The fourth-order valence-corrected chi connectivity index (χ4v) is 2.54. The first-order valence-corrected chi connectivity index (χ1v) is 6.90. The zero-order valence-electron chi connectivity index (χ0n) is 11.6. The van der Waals surface area contributed by atoms with Gasteiger partial charge in [-0.05, 0) is 41.9 Å². The van der Waals surface area contributed by atoms with E-state index in [-0.39, 0.29) is 11.8 Å². The molecule has 1 aromatic carbocycles. The smallest absolute Gasteiger partial charge is 0.237 e. The molecule has 0 saturated carbocycles. The molecular weight excluding hydrogens is 236 g/mol. The van der Waals surface area contributed by atoms with Crippen molar-refractivity contribution in [1.82, 2.24) is 5.32 Å². The Morgan fingerprint density at radius 2 is 2.11 bits per heavy atom. The van der Waals surface area contributed by atoms with Crippen molar-refractivity contribution in [1.29, 1.82) is 5.26 Å². The number of aryl methyl sites for hydroxylation is 2. The molecule has 0 saturated heterocycles. The molecule has 1 atom stereocenters. The second-order valence-corrected chi connectivity index (χ2v) is 5.53. The van der Waals surface area contributed by atoms with Crippen molar-refractivity contribution in [2.75, 3.05) is 0 Å². The maximum atomic E-state index is 11.9. The van der Waals surface area contributed by atoms with E-state index in [9.17, 15) is 4.79 Å². The molecule has 0 bridgehead atoms. The van der Waals surface area contributed by atoms with Gasteiger partial charge in [-0.1, -0.05) is 32.0 Å². The topological polar surface area (TPSA) is 52.9 Å². The van der Waals surface area contributed by atoms with Crippen LogP contribution in [0.4, 0.5) is 0 Å². The number of rotatable bonds is 4. The standard InChI is InChI=1S/C16H20N2O/c1-11(2)15(9-17)16(19)18-10-12-6-7-13-4-3-5-14(13)8-12/h6-8,11,15H,3-5,10H2,1-2H3,(H,18,19). The predicted molar refractivity (Wildman–Crippen MR) is 74.3 cm³/mol. The van der Waals surface area contributed by atoms with Crippen molar-refractivity contribution in [2.24, 2.45) is 11.8 Å². The highest BCUT2D eigenvalue weighted by molar-refractivity contribution is 5.81. The van der Waals surface area contributed by atoms with E-state index in [0.717, 1.165) is 12.0 Å². The zero-order valence-corrected chi connectivity index (χ0v) is 11.6. The quantitative estimate of drug-likeness (QED) is 0.900. The lowest BCUT2D eigenvalue weighted by Gasteiger charge is -2.13. The van der Waals surface area contributed by atoms with Crippen LogP contribution < -0.4 is 5.32 Å². The van der Waals surface area contributed by atoms with Crippen molar-refractivity contribution in [3.63, 3.8) is 0 Å². The van der Waals surface area contributed by atoms with Gasteiger partial charge in [0.05, 0.1) is 6.07 Å². The summed E-state index contributed by atoms with van der Waals surface area (Å²) >= 11 is 0. The minimum absolute atomic E-state index is 0.0463. The highest BCUT2D eigenvalue weighted by atomic mass is 16.1. The van der Waals surface area contributed by atoms with E-state index in [2.05, 4.69) is 29.6 Å². The summed E-state index contributed by atoms with van der Waals surface area (Å²) in [6.07, 6.45) is 3.55. The second-order valence-electron chi connectivity index (χ2n) is 5.53. The number of benzene rings is 1. The first kappa shape index (κ1) is 13.6. The lowest BCUT2D eigenvalue weighted by atomic mass is 9.96. The molecule has 1 amide bonds. The predicted octanol–water partition coefficient (Wildman–Crippen LogP) is 2.59. The molecule has 0 fully saturated rings. The van der Waals surface area contributed by atoms with Crippen molar-refractivity contribution in [3.05, 3.63) is 34.9 Å². The Kier molecular flexibility index (Phi) is 4.21.